The lowest BCUT2D eigenvalue weighted by Crippen LogP contribution is -2.52. The van der Waals surface area contributed by atoms with Crippen LogP contribution in [-0.2, 0) is 4.79 Å². The number of hydrogen-bond acceptors (Lipinski definition) is 1. The summed E-state index contributed by atoms with van der Waals surface area (Å²) in [7, 11) is 0. The maximum atomic E-state index is 12.0. The molecule has 0 aromatic rings. The van der Waals surface area contributed by atoms with Crippen molar-refractivity contribution in [3.8, 4) is 0 Å². The molecular formula is C15H29NO. The molecule has 0 spiro atoms. The van der Waals surface area contributed by atoms with E-state index in [2.05, 4.69) is 26.1 Å². The first-order valence-corrected chi connectivity index (χ1v) is 6.97. The van der Waals surface area contributed by atoms with Crippen molar-refractivity contribution >= 4 is 5.91 Å². The van der Waals surface area contributed by atoms with Gasteiger partial charge in [0.1, 0.15) is 0 Å². The quantitative estimate of drug-likeness (QED) is 0.781. The van der Waals surface area contributed by atoms with E-state index in [1.54, 1.807) is 0 Å². The highest BCUT2D eigenvalue weighted by Gasteiger charge is 2.35. The average molecular weight is 239 g/mol. The van der Waals surface area contributed by atoms with Crippen molar-refractivity contribution in [2.45, 2.75) is 72.8 Å². The third kappa shape index (κ3) is 4.01. The fraction of sp³-hybridized carbons (Fsp3) is 0.933. The zero-order chi connectivity index (χ0) is 13.3. The molecule has 1 fully saturated rings. The summed E-state index contributed by atoms with van der Waals surface area (Å²) < 4.78 is 0. The number of carbonyl (C=O) groups is 1. The highest BCUT2D eigenvalue weighted by Crippen LogP contribution is 2.36. The molecule has 0 aromatic heterocycles. The van der Waals surface area contributed by atoms with Crippen LogP contribution in [0.15, 0.2) is 0 Å². The Hall–Kier alpha value is -0.530. The number of hydrogen-bond donors (Lipinski definition) is 1. The normalized spacial score (nSPS) is 30.4. The molecule has 1 rings (SSSR count). The molecule has 0 aliphatic heterocycles. The van der Waals surface area contributed by atoms with Gasteiger partial charge in [0.25, 0.3) is 0 Å². The first kappa shape index (κ1) is 14.5. The Bertz CT molecular complexity index is 267. The first-order valence-electron chi connectivity index (χ1n) is 6.97. The Morgan fingerprint density at radius 1 is 1.24 bits per heavy atom. The zero-order valence-electron chi connectivity index (χ0n) is 12.4. The van der Waals surface area contributed by atoms with Gasteiger partial charge in [-0.25, -0.2) is 0 Å². The van der Waals surface area contributed by atoms with E-state index >= 15 is 0 Å². The van der Waals surface area contributed by atoms with Crippen molar-refractivity contribution in [1.29, 1.82) is 0 Å². The molecule has 1 N–H and O–H groups in total. The second-order valence-corrected chi connectivity index (χ2v) is 7.35. The maximum Gasteiger partial charge on any atom is 0.225 e. The molecule has 1 aliphatic carbocycles. The van der Waals surface area contributed by atoms with Gasteiger partial charge in [-0.05, 0) is 44.4 Å². The molecular weight excluding hydrogens is 210 g/mol. The maximum absolute atomic E-state index is 12.0. The van der Waals surface area contributed by atoms with Gasteiger partial charge in [-0.15, -0.1) is 0 Å². The van der Waals surface area contributed by atoms with Crippen LogP contribution in [0.4, 0.5) is 0 Å². The summed E-state index contributed by atoms with van der Waals surface area (Å²) in [5.74, 6) is 1.80. The minimum atomic E-state index is -0.280. The van der Waals surface area contributed by atoms with Gasteiger partial charge in [0, 0.05) is 11.0 Å². The van der Waals surface area contributed by atoms with E-state index in [9.17, 15) is 4.79 Å². The van der Waals surface area contributed by atoms with E-state index in [-0.39, 0.29) is 16.9 Å². The minimum absolute atomic E-state index is 0.0236. The number of amides is 1. The zero-order valence-corrected chi connectivity index (χ0v) is 12.4. The van der Waals surface area contributed by atoms with Crippen LogP contribution in [0, 0.1) is 17.3 Å². The Labute approximate surface area is 107 Å². The largest absolute Gasteiger partial charge is 0.350 e. The van der Waals surface area contributed by atoms with Crippen LogP contribution in [-0.4, -0.2) is 11.4 Å². The monoisotopic (exact) mass is 239 g/mol. The summed E-state index contributed by atoms with van der Waals surface area (Å²) in [5.41, 5.74) is -0.256. The minimum Gasteiger partial charge on any atom is -0.350 e. The fourth-order valence-electron chi connectivity index (χ4n) is 2.53. The van der Waals surface area contributed by atoms with E-state index in [4.69, 9.17) is 0 Å². The molecule has 1 saturated carbocycles. The highest BCUT2D eigenvalue weighted by atomic mass is 16.2. The summed E-state index contributed by atoms with van der Waals surface area (Å²) in [6.07, 6.45) is 4.74. The van der Waals surface area contributed by atoms with E-state index in [1.165, 1.54) is 12.8 Å². The van der Waals surface area contributed by atoms with E-state index in [1.807, 2.05) is 20.8 Å². The number of nitrogens with one attached hydrogen (secondary N) is 1. The number of rotatable bonds is 2. The Kier molecular flexibility index (Phi) is 4.27. The first-order chi connectivity index (χ1) is 7.64. The predicted molar refractivity (Wildman–Crippen MR) is 72.8 cm³/mol. The molecule has 17 heavy (non-hydrogen) atoms. The van der Waals surface area contributed by atoms with Crippen LogP contribution >= 0.6 is 0 Å². The topological polar surface area (TPSA) is 29.1 Å². The highest BCUT2D eigenvalue weighted by molar-refractivity contribution is 5.82. The van der Waals surface area contributed by atoms with Gasteiger partial charge in [-0.3, -0.25) is 4.79 Å². The molecule has 1 amide bonds. The van der Waals surface area contributed by atoms with Gasteiger partial charge >= 0.3 is 0 Å². The SMILES string of the molecule is CC(C)C1CCC(C)(NC(=O)C(C)(C)C)CC1. The molecule has 0 unspecified atom stereocenters. The summed E-state index contributed by atoms with van der Waals surface area (Å²) in [4.78, 5) is 12.0. The standard InChI is InChI=1S/C15H29NO/c1-11(2)12-7-9-15(6,10-8-12)16-13(17)14(3,4)5/h11-12H,7-10H2,1-6H3,(H,16,17). The predicted octanol–water partition coefficient (Wildman–Crippen LogP) is 3.75. The molecule has 0 radical (unpaired) electrons. The van der Waals surface area contributed by atoms with E-state index < -0.39 is 0 Å². The Balaban J connectivity index is 2.53. The third-order valence-corrected chi connectivity index (χ3v) is 4.17. The molecule has 2 nitrogen and oxygen atoms in total. The van der Waals surface area contributed by atoms with Crippen molar-refractivity contribution in [1.82, 2.24) is 5.32 Å². The number of carbonyl (C=O) groups excluding carboxylic acids is 1. The molecule has 0 atom stereocenters. The van der Waals surface area contributed by atoms with Crippen LogP contribution in [0.25, 0.3) is 0 Å². The van der Waals surface area contributed by atoms with Crippen LogP contribution in [0.1, 0.15) is 67.2 Å². The smallest absolute Gasteiger partial charge is 0.225 e. The van der Waals surface area contributed by atoms with Crippen molar-refractivity contribution in [3.05, 3.63) is 0 Å². The third-order valence-electron chi connectivity index (χ3n) is 4.17. The molecule has 0 aromatic carbocycles. The molecule has 0 bridgehead atoms. The summed E-state index contributed by atoms with van der Waals surface area (Å²) >= 11 is 0. The fourth-order valence-corrected chi connectivity index (χ4v) is 2.53. The van der Waals surface area contributed by atoms with Crippen LogP contribution in [0.2, 0.25) is 0 Å². The van der Waals surface area contributed by atoms with Crippen molar-refractivity contribution in [2.24, 2.45) is 17.3 Å². The van der Waals surface area contributed by atoms with Gasteiger partial charge in [0.05, 0.1) is 0 Å². The second-order valence-electron chi connectivity index (χ2n) is 7.35. The van der Waals surface area contributed by atoms with Gasteiger partial charge in [0.2, 0.25) is 5.91 Å². The van der Waals surface area contributed by atoms with Crippen molar-refractivity contribution in [2.75, 3.05) is 0 Å². The second kappa shape index (κ2) is 4.99. The Morgan fingerprint density at radius 3 is 2.06 bits per heavy atom. The Morgan fingerprint density at radius 2 is 1.71 bits per heavy atom. The van der Waals surface area contributed by atoms with Crippen LogP contribution in [0.5, 0.6) is 0 Å². The van der Waals surface area contributed by atoms with Gasteiger partial charge < -0.3 is 5.32 Å². The molecule has 2 heteroatoms. The molecule has 0 saturated heterocycles. The lowest BCUT2D eigenvalue weighted by molar-refractivity contribution is -0.130. The van der Waals surface area contributed by atoms with Crippen LogP contribution in [0.3, 0.4) is 0 Å². The average Bonchev–Trinajstić information content (AvgIpc) is 2.16. The summed E-state index contributed by atoms with van der Waals surface area (Å²) in [5, 5.41) is 3.26. The molecule has 0 heterocycles. The molecule has 1 aliphatic rings. The van der Waals surface area contributed by atoms with Crippen molar-refractivity contribution in [3.63, 3.8) is 0 Å². The van der Waals surface area contributed by atoms with Crippen LogP contribution < -0.4 is 5.32 Å². The van der Waals surface area contributed by atoms with E-state index in [0.717, 1.165) is 24.7 Å². The lowest BCUT2D eigenvalue weighted by Gasteiger charge is -2.40. The van der Waals surface area contributed by atoms with Gasteiger partial charge in [-0.2, -0.15) is 0 Å². The van der Waals surface area contributed by atoms with Gasteiger partial charge in [-0.1, -0.05) is 34.6 Å². The molecule has 100 valence electrons. The summed E-state index contributed by atoms with van der Waals surface area (Å²) in [6, 6.07) is 0. The van der Waals surface area contributed by atoms with Gasteiger partial charge in [0.15, 0.2) is 0 Å². The lowest BCUT2D eigenvalue weighted by atomic mass is 9.73. The van der Waals surface area contributed by atoms with E-state index in [0.29, 0.717) is 0 Å². The van der Waals surface area contributed by atoms with Crippen molar-refractivity contribution < 1.29 is 4.79 Å². The summed E-state index contributed by atoms with van der Waals surface area (Å²) in [6.45, 7) is 12.7.